The molecule has 0 heterocycles. The van der Waals surface area contributed by atoms with Gasteiger partial charge in [-0.3, -0.25) is 0 Å². The van der Waals surface area contributed by atoms with E-state index in [9.17, 15) is 17.6 Å². The summed E-state index contributed by atoms with van der Waals surface area (Å²) in [6, 6.07) is 4.84. The number of halogens is 4. The van der Waals surface area contributed by atoms with Crippen LogP contribution in [-0.4, -0.2) is 0 Å². The molecule has 2 rings (SSSR count). The lowest BCUT2D eigenvalue weighted by Crippen LogP contribution is -2.39. The molecule has 0 spiro atoms. The first-order valence-electron chi connectivity index (χ1n) is 4.58. The molecule has 0 radical (unpaired) electrons. The minimum Gasteiger partial charge on any atom is -0.200 e. The number of hydrogen-bond donors (Lipinski definition) is 0. The van der Waals surface area contributed by atoms with Crippen molar-refractivity contribution in [2.24, 2.45) is 5.41 Å². The molecular weight excluding hydrogens is 208 g/mol. The van der Waals surface area contributed by atoms with E-state index >= 15 is 0 Å². The Morgan fingerprint density at radius 2 is 1.13 bits per heavy atom. The summed E-state index contributed by atoms with van der Waals surface area (Å²) in [6.07, 6.45) is 0. The van der Waals surface area contributed by atoms with E-state index in [-0.39, 0.29) is 0 Å². The molecule has 1 aromatic rings. The van der Waals surface area contributed by atoms with E-state index in [1.54, 1.807) is 0 Å². The van der Waals surface area contributed by atoms with Crippen molar-refractivity contribution in [1.82, 2.24) is 0 Å². The van der Waals surface area contributed by atoms with Crippen molar-refractivity contribution in [3.05, 3.63) is 35.4 Å². The third-order valence-corrected chi connectivity index (χ3v) is 3.17. The van der Waals surface area contributed by atoms with Gasteiger partial charge < -0.3 is 0 Å². The second kappa shape index (κ2) is 2.54. The van der Waals surface area contributed by atoms with Crippen molar-refractivity contribution in [1.29, 1.82) is 0 Å². The topological polar surface area (TPSA) is 0 Å². The molecule has 0 N–H and O–H groups in total. The third kappa shape index (κ3) is 0.971. The summed E-state index contributed by atoms with van der Waals surface area (Å²) in [4.78, 5) is 0. The van der Waals surface area contributed by atoms with E-state index in [1.807, 2.05) is 0 Å². The molecule has 0 unspecified atom stereocenters. The van der Waals surface area contributed by atoms with Crippen molar-refractivity contribution in [2.45, 2.75) is 25.7 Å². The van der Waals surface area contributed by atoms with Crippen LogP contribution in [0.5, 0.6) is 0 Å². The van der Waals surface area contributed by atoms with Gasteiger partial charge in [-0.25, -0.2) is 17.6 Å². The Morgan fingerprint density at radius 1 is 0.800 bits per heavy atom. The van der Waals surface area contributed by atoms with Crippen LogP contribution >= 0.6 is 0 Å². The van der Waals surface area contributed by atoms with Crippen molar-refractivity contribution in [2.75, 3.05) is 0 Å². The maximum Gasteiger partial charge on any atom is 0.284 e. The molecule has 4 heteroatoms. The minimum atomic E-state index is -3.49. The van der Waals surface area contributed by atoms with E-state index in [1.165, 1.54) is 12.1 Å². The van der Waals surface area contributed by atoms with Gasteiger partial charge in [-0.2, -0.15) is 0 Å². The highest BCUT2D eigenvalue weighted by atomic mass is 19.3. The van der Waals surface area contributed by atoms with Gasteiger partial charge in [0.25, 0.3) is 11.8 Å². The molecule has 0 amide bonds. The van der Waals surface area contributed by atoms with Crippen LogP contribution in [0.1, 0.15) is 25.0 Å². The standard InChI is InChI=1S/C11H10F4/c1-9(2)10(12,13)7-5-3-4-6-8(7)11(9,14)15/h3-6H,1-2H3. The fourth-order valence-corrected chi connectivity index (χ4v) is 1.90. The number of hydrogen-bond acceptors (Lipinski definition) is 0. The number of fused-ring (bicyclic) bond motifs is 1. The van der Waals surface area contributed by atoms with Crippen molar-refractivity contribution < 1.29 is 17.6 Å². The van der Waals surface area contributed by atoms with Gasteiger partial charge >= 0.3 is 0 Å². The van der Waals surface area contributed by atoms with Gasteiger partial charge in [0.1, 0.15) is 5.41 Å². The number of benzene rings is 1. The molecule has 0 saturated carbocycles. The predicted molar refractivity (Wildman–Crippen MR) is 48.0 cm³/mol. The molecule has 0 bridgehead atoms. The monoisotopic (exact) mass is 218 g/mol. The summed E-state index contributed by atoms with van der Waals surface area (Å²) in [7, 11) is 0. The molecule has 82 valence electrons. The second-order valence-electron chi connectivity index (χ2n) is 4.32. The van der Waals surface area contributed by atoms with Gasteiger partial charge in [0.2, 0.25) is 0 Å². The molecule has 0 nitrogen and oxygen atoms in total. The van der Waals surface area contributed by atoms with Gasteiger partial charge in [-0.1, -0.05) is 24.3 Å². The Bertz CT molecular complexity index is 370. The average molecular weight is 218 g/mol. The van der Waals surface area contributed by atoms with Gasteiger partial charge in [0.05, 0.1) is 0 Å². The average Bonchev–Trinajstić information content (AvgIpc) is 2.26. The van der Waals surface area contributed by atoms with Crippen LogP contribution in [-0.2, 0) is 11.8 Å². The predicted octanol–water partition coefficient (Wildman–Crippen LogP) is 3.91. The van der Waals surface area contributed by atoms with Crippen molar-refractivity contribution >= 4 is 0 Å². The van der Waals surface area contributed by atoms with Crippen LogP contribution in [0.4, 0.5) is 17.6 Å². The van der Waals surface area contributed by atoms with E-state index in [2.05, 4.69) is 0 Å². The summed E-state index contributed by atoms with van der Waals surface area (Å²) >= 11 is 0. The molecule has 0 aliphatic heterocycles. The Balaban J connectivity index is 2.78. The first-order valence-corrected chi connectivity index (χ1v) is 4.58. The van der Waals surface area contributed by atoms with Crippen LogP contribution in [0, 0.1) is 5.41 Å². The Morgan fingerprint density at radius 3 is 1.47 bits per heavy atom. The molecule has 0 aromatic heterocycles. The lowest BCUT2D eigenvalue weighted by Gasteiger charge is -2.31. The van der Waals surface area contributed by atoms with Crippen molar-refractivity contribution in [3.63, 3.8) is 0 Å². The molecule has 0 saturated heterocycles. The zero-order valence-corrected chi connectivity index (χ0v) is 8.32. The molecule has 0 atom stereocenters. The second-order valence-corrected chi connectivity index (χ2v) is 4.32. The largest absolute Gasteiger partial charge is 0.284 e. The molecule has 15 heavy (non-hydrogen) atoms. The Kier molecular flexibility index (Phi) is 1.77. The van der Waals surface area contributed by atoms with Crippen LogP contribution in [0.2, 0.25) is 0 Å². The smallest absolute Gasteiger partial charge is 0.200 e. The van der Waals surface area contributed by atoms with E-state index < -0.39 is 28.4 Å². The Hall–Kier alpha value is -1.06. The normalized spacial score (nSPS) is 24.9. The zero-order chi connectivity index (χ0) is 11.5. The summed E-state index contributed by atoms with van der Waals surface area (Å²) in [5.41, 5.74) is -3.48. The summed E-state index contributed by atoms with van der Waals surface area (Å²) < 4.78 is 54.9. The summed E-state index contributed by atoms with van der Waals surface area (Å²) in [5.74, 6) is -6.99. The maximum absolute atomic E-state index is 13.7. The molecule has 1 aliphatic carbocycles. The first-order chi connectivity index (χ1) is 6.73. The summed E-state index contributed by atoms with van der Waals surface area (Å²) in [6.45, 7) is 1.79. The highest BCUT2D eigenvalue weighted by molar-refractivity contribution is 5.43. The van der Waals surface area contributed by atoms with Gasteiger partial charge in [0.15, 0.2) is 0 Å². The Labute approximate surface area is 84.9 Å². The van der Waals surface area contributed by atoms with Gasteiger partial charge in [0, 0.05) is 11.1 Å². The minimum absolute atomic E-state index is 0.556. The SMILES string of the molecule is CC1(C)C(F)(F)c2ccccc2C1(F)F. The first kappa shape index (κ1) is 10.5. The van der Waals surface area contributed by atoms with E-state index in [0.717, 1.165) is 26.0 Å². The van der Waals surface area contributed by atoms with Crippen LogP contribution in [0.15, 0.2) is 24.3 Å². The highest BCUT2D eigenvalue weighted by Gasteiger charge is 2.70. The van der Waals surface area contributed by atoms with Crippen molar-refractivity contribution in [3.8, 4) is 0 Å². The van der Waals surface area contributed by atoms with Crippen LogP contribution in [0.3, 0.4) is 0 Å². The number of alkyl halides is 4. The third-order valence-electron chi connectivity index (χ3n) is 3.17. The summed E-state index contributed by atoms with van der Waals surface area (Å²) in [5, 5.41) is 0. The highest BCUT2D eigenvalue weighted by Crippen LogP contribution is 2.64. The van der Waals surface area contributed by atoms with E-state index in [4.69, 9.17) is 0 Å². The molecule has 0 fully saturated rings. The van der Waals surface area contributed by atoms with E-state index in [0.29, 0.717) is 0 Å². The van der Waals surface area contributed by atoms with Crippen LogP contribution < -0.4 is 0 Å². The fraction of sp³-hybridized carbons (Fsp3) is 0.455. The molecule has 1 aromatic carbocycles. The lowest BCUT2D eigenvalue weighted by molar-refractivity contribution is -0.212. The van der Waals surface area contributed by atoms with Crippen LogP contribution in [0.25, 0.3) is 0 Å². The lowest BCUT2D eigenvalue weighted by atomic mass is 9.83. The quantitative estimate of drug-likeness (QED) is 0.579. The molecule has 1 aliphatic rings. The molecular formula is C11H10F4. The fourth-order valence-electron chi connectivity index (χ4n) is 1.90. The van der Waals surface area contributed by atoms with Gasteiger partial charge in [-0.05, 0) is 13.8 Å². The number of rotatable bonds is 0. The zero-order valence-electron chi connectivity index (χ0n) is 8.32. The van der Waals surface area contributed by atoms with Gasteiger partial charge in [-0.15, -0.1) is 0 Å². The maximum atomic E-state index is 13.7.